The summed E-state index contributed by atoms with van der Waals surface area (Å²) < 4.78 is 81.2. The van der Waals surface area contributed by atoms with Crippen LogP contribution in [0.5, 0.6) is 0 Å². The number of nitrogen functional groups attached to an aromatic ring is 2. The van der Waals surface area contributed by atoms with Gasteiger partial charge in [-0.15, -0.1) is 0 Å². The third-order valence-corrected chi connectivity index (χ3v) is 12.5. The van der Waals surface area contributed by atoms with E-state index in [2.05, 4.69) is 38.1 Å². The van der Waals surface area contributed by atoms with E-state index in [4.69, 9.17) is 34.9 Å². The van der Waals surface area contributed by atoms with Gasteiger partial charge in [0, 0.05) is 7.11 Å². The van der Waals surface area contributed by atoms with E-state index in [1.165, 1.54) is 29.6 Å². The first-order valence-corrected chi connectivity index (χ1v) is 20.3. The number of ether oxygens (including phenoxy) is 4. The fraction of sp³-hybridized carbons (Fsp3) is 0.583. The number of methoxy groups -OCH3 is 1. The second kappa shape index (κ2) is 16.0. The summed E-state index contributed by atoms with van der Waals surface area (Å²) in [7, 11) is -14.5. The van der Waals surface area contributed by atoms with Gasteiger partial charge in [0.25, 0.3) is 16.7 Å². The predicted molar refractivity (Wildman–Crippen MR) is 180 cm³/mol. The van der Waals surface area contributed by atoms with E-state index in [-0.39, 0.29) is 47.4 Å². The van der Waals surface area contributed by atoms with Gasteiger partial charge in [0.2, 0.25) is 24.5 Å². The van der Waals surface area contributed by atoms with E-state index in [1.54, 1.807) is 0 Å². The summed E-state index contributed by atoms with van der Waals surface area (Å²) in [6.07, 6.45) is -9.94. The summed E-state index contributed by atoms with van der Waals surface area (Å²) in [6.45, 7) is -2.11. The van der Waals surface area contributed by atoms with Crippen LogP contribution in [0.3, 0.4) is 0 Å². The topological polar surface area (TPSA) is 417 Å². The highest BCUT2D eigenvalue weighted by Gasteiger charge is 2.51. The number of imidazole rings is 2. The van der Waals surface area contributed by atoms with Gasteiger partial charge < -0.3 is 60.4 Å². The second-order valence-electron chi connectivity index (χ2n) is 12.1. The molecule has 6 rings (SSSR count). The SMILES string of the molecule is COCCOC1[C@@H](O)[C@@H](COP(=O)(O)OP(=O)(O)OP(=O)(O)OC[C@H]2O[C@@H](n3cnc4c(=O)[nH]c(N)nc43)C(O)[C@H]2O)O[C@H]1n1c[n+](C)c2c(=O)[nH]c(N)nc21. The summed E-state index contributed by atoms with van der Waals surface area (Å²) in [4.78, 5) is 71.5. The molecule has 4 aromatic heterocycles. The number of nitrogens with two attached hydrogens (primary N) is 2. The van der Waals surface area contributed by atoms with Gasteiger partial charge in [0.15, 0.2) is 23.5 Å². The lowest BCUT2D eigenvalue weighted by molar-refractivity contribution is -0.646. The van der Waals surface area contributed by atoms with Crippen LogP contribution < -0.4 is 27.2 Å². The fourth-order valence-electron chi connectivity index (χ4n) is 5.87. The number of fused-ring (bicyclic) bond motifs is 2. The Kier molecular flexibility index (Phi) is 12.0. The molecule has 29 nitrogen and oxygen atoms in total. The number of nitrogens with zero attached hydrogens (tertiary/aromatic N) is 6. The number of aliphatic hydroxyl groups is 3. The minimum atomic E-state index is -6.01. The zero-order valence-electron chi connectivity index (χ0n) is 28.8. The zero-order valence-corrected chi connectivity index (χ0v) is 31.5. The Bertz CT molecular complexity index is 2350. The summed E-state index contributed by atoms with van der Waals surface area (Å²) >= 11 is 0. The monoisotopic (exact) mass is 861 g/mol. The maximum absolute atomic E-state index is 12.7. The standard InChI is InChI=1S/C24H35N10O19P3/c1-32-8-34(18-12(32)20(39)31-24(26)29-18)22-16(47-4-3-46-2)14(36)10(51-22)6-49-55(42,43)53-56(44,45)52-54(40,41)48-5-9-13(35)15(37)21(50-9)33-7-27-11-17(33)28-23(25)30-19(11)38/h7-10,13-16,21-22,35-37H,3-6H2,1-2H3,(H8-,25,26,28,29,30,31,38,39,40,41,42,43,44,45)/p+1/t9-,10-,13+,14+,15?,16?,21-,22-/m1/s1. The molecule has 5 unspecified atom stereocenters. The average Bonchev–Trinajstić information content (AvgIpc) is 3.81. The number of H-pyrrole nitrogens is 2. The van der Waals surface area contributed by atoms with Crippen LogP contribution in [0, 0.1) is 0 Å². The van der Waals surface area contributed by atoms with Gasteiger partial charge in [0.05, 0.1) is 39.8 Å². The molecule has 4 aromatic rings. The van der Waals surface area contributed by atoms with E-state index >= 15 is 0 Å². The lowest BCUT2D eigenvalue weighted by Gasteiger charge is -2.21. The van der Waals surface area contributed by atoms with Gasteiger partial charge in [-0.2, -0.15) is 23.2 Å². The average molecular weight is 862 g/mol. The Morgan fingerprint density at radius 1 is 0.821 bits per heavy atom. The molecule has 0 spiro atoms. The molecule has 0 saturated carbocycles. The predicted octanol–water partition coefficient (Wildman–Crippen LogP) is -3.88. The van der Waals surface area contributed by atoms with Crippen LogP contribution in [0.1, 0.15) is 12.5 Å². The van der Waals surface area contributed by atoms with Crippen LogP contribution >= 0.6 is 23.5 Å². The van der Waals surface area contributed by atoms with Gasteiger partial charge >= 0.3 is 29.0 Å². The molecule has 310 valence electrons. The van der Waals surface area contributed by atoms with Gasteiger partial charge in [-0.05, 0) is 0 Å². The number of aliphatic hydroxyl groups excluding tert-OH is 3. The Morgan fingerprint density at radius 2 is 1.39 bits per heavy atom. The zero-order chi connectivity index (χ0) is 40.9. The highest BCUT2D eigenvalue weighted by molar-refractivity contribution is 7.66. The first-order chi connectivity index (χ1) is 26.2. The largest absolute Gasteiger partial charge is 0.490 e. The van der Waals surface area contributed by atoms with Crippen molar-refractivity contribution in [2.75, 3.05) is 45.0 Å². The van der Waals surface area contributed by atoms with E-state index < -0.39 is 96.9 Å². The van der Waals surface area contributed by atoms with Gasteiger partial charge in [-0.25, -0.2) is 23.2 Å². The Morgan fingerprint density at radius 3 is 2.02 bits per heavy atom. The molecule has 11 atom stereocenters. The molecular weight excluding hydrogens is 825 g/mol. The molecule has 0 bridgehead atoms. The summed E-state index contributed by atoms with van der Waals surface area (Å²) in [5, 5.41) is 32.1. The second-order valence-corrected chi connectivity index (χ2v) is 16.8. The van der Waals surface area contributed by atoms with Crippen molar-refractivity contribution in [1.82, 2.24) is 34.1 Å². The molecule has 0 aliphatic carbocycles. The van der Waals surface area contributed by atoms with Crippen LogP contribution in [0.15, 0.2) is 22.2 Å². The van der Waals surface area contributed by atoms with Gasteiger partial charge in [0.1, 0.15) is 30.5 Å². The van der Waals surface area contributed by atoms with Gasteiger partial charge in [-0.3, -0.25) is 33.2 Å². The minimum absolute atomic E-state index is 0.00979. The maximum Gasteiger partial charge on any atom is 0.490 e. The van der Waals surface area contributed by atoms with Crippen molar-refractivity contribution in [2.45, 2.75) is 49.1 Å². The van der Waals surface area contributed by atoms with Crippen LogP contribution in [-0.2, 0) is 57.4 Å². The number of hydrogen-bond donors (Lipinski definition) is 10. The molecule has 2 aliphatic rings. The first-order valence-electron chi connectivity index (χ1n) is 15.8. The lowest BCUT2D eigenvalue weighted by Crippen LogP contribution is -2.36. The minimum Gasteiger partial charge on any atom is -0.387 e. The number of nitrogens with one attached hydrogen (secondary N) is 2. The molecule has 0 amide bonds. The number of aromatic nitrogens is 8. The lowest BCUT2D eigenvalue weighted by atomic mass is 10.1. The number of aromatic amines is 2. The highest BCUT2D eigenvalue weighted by Crippen LogP contribution is 2.68. The van der Waals surface area contributed by atoms with E-state index in [0.717, 1.165) is 10.9 Å². The molecule has 2 saturated heterocycles. The molecule has 0 radical (unpaired) electrons. The quantitative estimate of drug-likeness (QED) is 0.0293. The number of phosphoric acid groups is 3. The van der Waals surface area contributed by atoms with E-state index in [9.17, 15) is 53.3 Å². The summed E-state index contributed by atoms with van der Waals surface area (Å²) in [5.41, 5.74) is 9.68. The number of phosphoric ester groups is 2. The van der Waals surface area contributed by atoms with Crippen molar-refractivity contribution in [3.05, 3.63) is 33.4 Å². The van der Waals surface area contributed by atoms with Crippen LogP contribution in [0.4, 0.5) is 11.9 Å². The third-order valence-electron chi connectivity index (χ3n) is 8.25. The first kappa shape index (κ1) is 42.0. The summed E-state index contributed by atoms with van der Waals surface area (Å²) in [6, 6.07) is 0. The van der Waals surface area contributed by atoms with Crippen molar-refractivity contribution in [2.24, 2.45) is 7.05 Å². The molecule has 12 N–H and O–H groups in total. The normalized spacial score (nSPS) is 28.8. The molecule has 6 heterocycles. The molecule has 2 aliphatic heterocycles. The van der Waals surface area contributed by atoms with Crippen molar-refractivity contribution >= 4 is 57.7 Å². The van der Waals surface area contributed by atoms with Crippen molar-refractivity contribution in [3.63, 3.8) is 0 Å². The fourth-order valence-corrected chi connectivity index (χ4v) is 9.39. The number of hydrogen-bond acceptors (Lipinski definition) is 21. The highest BCUT2D eigenvalue weighted by atomic mass is 31.3. The third kappa shape index (κ3) is 8.79. The Balaban J connectivity index is 1.07. The maximum atomic E-state index is 12.7. The summed E-state index contributed by atoms with van der Waals surface area (Å²) in [5.74, 6) is -0.552. The molecule has 2 fully saturated rings. The van der Waals surface area contributed by atoms with Crippen molar-refractivity contribution in [1.29, 1.82) is 0 Å². The molecular formula is C24H36N10O19P3+. The molecule has 0 aromatic carbocycles. The van der Waals surface area contributed by atoms with Crippen molar-refractivity contribution < 1.29 is 84.9 Å². The number of anilines is 2. The van der Waals surface area contributed by atoms with E-state index in [1.807, 2.05) is 0 Å². The molecule has 32 heteroatoms. The molecule has 56 heavy (non-hydrogen) atoms. The van der Waals surface area contributed by atoms with Crippen LogP contribution in [0.25, 0.3) is 22.3 Å². The van der Waals surface area contributed by atoms with E-state index in [0.29, 0.717) is 0 Å². The number of rotatable bonds is 16. The Labute approximate surface area is 311 Å². The van der Waals surface area contributed by atoms with Gasteiger partial charge in [-0.1, -0.05) is 0 Å². The number of aryl methyl sites for hydroxylation is 1. The van der Waals surface area contributed by atoms with Crippen molar-refractivity contribution in [3.8, 4) is 0 Å². The van der Waals surface area contributed by atoms with Crippen LogP contribution in [0.2, 0.25) is 0 Å². The smallest absolute Gasteiger partial charge is 0.387 e. The van der Waals surface area contributed by atoms with Crippen LogP contribution in [-0.4, -0.2) is 134 Å². The Hall–Kier alpha value is -3.57.